The maximum atomic E-state index is 3.61. The van der Waals surface area contributed by atoms with Crippen LogP contribution in [0.2, 0.25) is 0 Å². The number of nitrogens with zero attached hydrogens (tertiary/aromatic N) is 1. The fourth-order valence-corrected chi connectivity index (χ4v) is 3.04. The van der Waals surface area contributed by atoms with Crippen molar-refractivity contribution in [1.82, 2.24) is 10.2 Å². The van der Waals surface area contributed by atoms with Crippen LogP contribution in [0.1, 0.15) is 33.6 Å². The van der Waals surface area contributed by atoms with Crippen molar-refractivity contribution in [2.45, 2.75) is 45.7 Å². The van der Waals surface area contributed by atoms with E-state index in [1.54, 1.807) is 0 Å². The molecule has 0 aromatic rings. The van der Waals surface area contributed by atoms with Gasteiger partial charge in [0.05, 0.1) is 0 Å². The highest BCUT2D eigenvalue weighted by Gasteiger charge is 2.15. The molecule has 2 nitrogen and oxygen atoms in total. The lowest BCUT2D eigenvalue weighted by Crippen LogP contribution is -2.41. The van der Waals surface area contributed by atoms with Crippen molar-refractivity contribution in [3.05, 3.63) is 0 Å². The Hall–Kier alpha value is 0.270. The van der Waals surface area contributed by atoms with Gasteiger partial charge in [-0.15, -0.1) is 0 Å². The van der Waals surface area contributed by atoms with Gasteiger partial charge in [-0.05, 0) is 39.8 Å². The lowest BCUT2D eigenvalue weighted by atomic mass is 10.2. The first-order valence-corrected chi connectivity index (χ1v) is 7.44. The lowest BCUT2D eigenvalue weighted by Gasteiger charge is -2.29. The summed E-state index contributed by atoms with van der Waals surface area (Å²) in [5.74, 6) is 2.59. The van der Waals surface area contributed by atoms with E-state index in [9.17, 15) is 0 Å². The smallest absolute Gasteiger partial charge is 0.0170 e. The van der Waals surface area contributed by atoms with Gasteiger partial charge in [-0.25, -0.2) is 0 Å². The van der Waals surface area contributed by atoms with Crippen molar-refractivity contribution < 1.29 is 0 Å². The van der Waals surface area contributed by atoms with Gasteiger partial charge in [0, 0.05) is 30.1 Å². The van der Waals surface area contributed by atoms with Gasteiger partial charge < -0.3 is 10.2 Å². The number of hydrogen-bond donors (Lipinski definition) is 1. The van der Waals surface area contributed by atoms with E-state index >= 15 is 0 Å². The Morgan fingerprint density at radius 1 is 1.40 bits per heavy atom. The Bertz CT molecular complexity index is 156. The summed E-state index contributed by atoms with van der Waals surface area (Å²) in [4.78, 5) is 2.60. The Morgan fingerprint density at radius 3 is 2.73 bits per heavy atom. The van der Waals surface area contributed by atoms with Gasteiger partial charge >= 0.3 is 0 Å². The van der Waals surface area contributed by atoms with Gasteiger partial charge in [0.25, 0.3) is 0 Å². The summed E-state index contributed by atoms with van der Waals surface area (Å²) >= 11 is 2.10. The Morgan fingerprint density at radius 2 is 2.20 bits per heavy atom. The van der Waals surface area contributed by atoms with Crippen molar-refractivity contribution in [2.24, 2.45) is 0 Å². The van der Waals surface area contributed by atoms with Crippen LogP contribution in [0.15, 0.2) is 0 Å². The van der Waals surface area contributed by atoms with E-state index in [2.05, 4.69) is 42.7 Å². The Labute approximate surface area is 99.2 Å². The Kier molecular flexibility index (Phi) is 6.69. The third-order valence-corrected chi connectivity index (χ3v) is 4.14. The van der Waals surface area contributed by atoms with Crippen molar-refractivity contribution in [2.75, 3.05) is 31.1 Å². The molecule has 1 N–H and O–H groups in total. The topological polar surface area (TPSA) is 15.3 Å². The predicted octanol–water partition coefficient (Wildman–Crippen LogP) is 2.20. The SMILES string of the molecule is CCCN(CCC1CSCCN1)C(C)C. The van der Waals surface area contributed by atoms with Crippen LogP contribution in [0.5, 0.6) is 0 Å². The second-order valence-electron chi connectivity index (χ2n) is 4.64. The fourth-order valence-electron chi connectivity index (χ4n) is 2.04. The molecule has 1 unspecified atom stereocenters. The average Bonchev–Trinajstić information content (AvgIpc) is 2.25. The van der Waals surface area contributed by atoms with Crippen molar-refractivity contribution in [1.29, 1.82) is 0 Å². The Balaban J connectivity index is 2.19. The number of nitrogens with one attached hydrogen (secondary N) is 1. The molecule has 1 heterocycles. The van der Waals surface area contributed by atoms with Crippen LogP contribution in [0.4, 0.5) is 0 Å². The molecule has 0 bridgehead atoms. The first-order chi connectivity index (χ1) is 7.24. The molecule has 0 aromatic heterocycles. The maximum Gasteiger partial charge on any atom is 0.0170 e. The fraction of sp³-hybridized carbons (Fsp3) is 1.00. The minimum atomic E-state index is 0.696. The van der Waals surface area contributed by atoms with Crippen LogP contribution in [0.25, 0.3) is 0 Å². The second kappa shape index (κ2) is 7.53. The van der Waals surface area contributed by atoms with Crippen LogP contribution < -0.4 is 5.32 Å². The normalized spacial score (nSPS) is 22.6. The summed E-state index contributed by atoms with van der Waals surface area (Å²) in [6.45, 7) is 10.6. The van der Waals surface area contributed by atoms with E-state index < -0.39 is 0 Å². The maximum absolute atomic E-state index is 3.61. The minimum absolute atomic E-state index is 0.696. The molecular weight excluding hydrogens is 204 g/mol. The van der Waals surface area contributed by atoms with Crippen molar-refractivity contribution >= 4 is 11.8 Å². The molecule has 1 fully saturated rings. The molecule has 0 aromatic carbocycles. The van der Waals surface area contributed by atoms with Crippen molar-refractivity contribution in [3.8, 4) is 0 Å². The summed E-state index contributed by atoms with van der Waals surface area (Å²) in [7, 11) is 0. The van der Waals surface area contributed by atoms with Crippen molar-refractivity contribution in [3.63, 3.8) is 0 Å². The highest BCUT2D eigenvalue weighted by Crippen LogP contribution is 2.11. The molecule has 3 heteroatoms. The van der Waals surface area contributed by atoms with Gasteiger partial charge in [-0.2, -0.15) is 11.8 Å². The zero-order chi connectivity index (χ0) is 11.1. The summed E-state index contributed by atoms with van der Waals surface area (Å²) < 4.78 is 0. The highest BCUT2D eigenvalue weighted by atomic mass is 32.2. The first kappa shape index (κ1) is 13.3. The molecule has 0 aliphatic carbocycles. The summed E-state index contributed by atoms with van der Waals surface area (Å²) in [5, 5.41) is 3.61. The molecule has 15 heavy (non-hydrogen) atoms. The van der Waals surface area contributed by atoms with Crippen LogP contribution in [-0.2, 0) is 0 Å². The van der Waals surface area contributed by atoms with Crippen LogP contribution in [0, 0.1) is 0 Å². The van der Waals surface area contributed by atoms with E-state index in [-0.39, 0.29) is 0 Å². The standard InChI is InChI=1S/C12H26N2S/c1-4-7-14(11(2)3)8-5-12-10-15-9-6-13-12/h11-13H,4-10H2,1-3H3. The minimum Gasteiger partial charge on any atom is -0.312 e. The molecule has 90 valence electrons. The summed E-state index contributed by atoms with van der Waals surface area (Å²) in [6.07, 6.45) is 2.58. The van der Waals surface area contributed by atoms with Gasteiger partial charge in [-0.1, -0.05) is 6.92 Å². The monoisotopic (exact) mass is 230 g/mol. The van der Waals surface area contributed by atoms with Crippen LogP contribution in [-0.4, -0.2) is 48.1 Å². The average molecular weight is 230 g/mol. The quantitative estimate of drug-likeness (QED) is 0.753. The molecule has 0 amide bonds. The molecule has 0 spiro atoms. The number of hydrogen-bond acceptors (Lipinski definition) is 3. The lowest BCUT2D eigenvalue weighted by molar-refractivity contribution is 0.212. The van der Waals surface area contributed by atoms with E-state index in [1.807, 2.05) is 0 Å². The number of thioether (sulfide) groups is 1. The predicted molar refractivity (Wildman–Crippen MR) is 70.7 cm³/mol. The van der Waals surface area contributed by atoms with E-state index in [0.717, 1.165) is 6.04 Å². The largest absolute Gasteiger partial charge is 0.312 e. The van der Waals surface area contributed by atoms with Crippen LogP contribution in [0.3, 0.4) is 0 Å². The van der Waals surface area contributed by atoms with Gasteiger partial charge in [-0.3, -0.25) is 0 Å². The zero-order valence-corrected chi connectivity index (χ0v) is 11.3. The van der Waals surface area contributed by atoms with Gasteiger partial charge in [0.1, 0.15) is 0 Å². The van der Waals surface area contributed by atoms with Gasteiger partial charge in [0.2, 0.25) is 0 Å². The molecule has 1 rings (SSSR count). The van der Waals surface area contributed by atoms with Gasteiger partial charge in [0.15, 0.2) is 0 Å². The van der Waals surface area contributed by atoms with E-state index in [4.69, 9.17) is 0 Å². The molecule has 1 aliphatic heterocycles. The second-order valence-corrected chi connectivity index (χ2v) is 5.79. The molecular formula is C12H26N2S. The molecule has 1 atom stereocenters. The third kappa shape index (κ3) is 5.23. The zero-order valence-electron chi connectivity index (χ0n) is 10.5. The van der Waals surface area contributed by atoms with E-state index in [1.165, 1.54) is 44.0 Å². The summed E-state index contributed by atoms with van der Waals surface area (Å²) in [6, 6.07) is 1.45. The van der Waals surface area contributed by atoms with Crippen LogP contribution >= 0.6 is 11.8 Å². The molecule has 1 aliphatic rings. The highest BCUT2D eigenvalue weighted by molar-refractivity contribution is 7.99. The first-order valence-electron chi connectivity index (χ1n) is 6.29. The molecule has 1 saturated heterocycles. The molecule has 0 radical (unpaired) electrons. The van der Waals surface area contributed by atoms with E-state index in [0.29, 0.717) is 6.04 Å². The summed E-state index contributed by atoms with van der Waals surface area (Å²) in [5.41, 5.74) is 0. The number of rotatable bonds is 6. The molecule has 0 saturated carbocycles. The third-order valence-electron chi connectivity index (χ3n) is 3.00.